The highest BCUT2D eigenvalue weighted by Gasteiger charge is 2.23. The molecule has 5 nitrogen and oxygen atoms in total. The summed E-state index contributed by atoms with van der Waals surface area (Å²) in [4.78, 5) is 0. The van der Waals surface area contributed by atoms with Crippen LogP contribution in [0.25, 0.3) is 0 Å². The van der Waals surface area contributed by atoms with E-state index in [4.69, 9.17) is 27.9 Å². The lowest BCUT2D eigenvalue weighted by Gasteiger charge is -2.23. The summed E-state index contributed by atoms with van der Waals surface area (Å²) in [7, 11) is 1.77. The number of hydrogen-bond donors (Lipinski definition) is 0. The first-order valence-electron chi connectivity index (χ1n) is 5.43. The molecule has 2 heterocycles. The molecule has 1 aliphatic rings. The van der Waals surface area contributed by atoms with Gasteiger partial charge in [-0.15, -0.1) is 15.3 Å². The Hall–Kier alpha value is -1.85. The quantitative estimate of drug-likeness (QED) is 0.811. The zero-order valence-corrected chi connectivity index (χ0v) is 11.4. The molecule has 3 rings (SSSR count). The van der Waals surface area contributed by atoms with Crippen LogP contribution in [0.5, 0.6) is 5.88 Å². The van der Waals surface area contributed by atoms with E-state index in [-0.39, 0.29) is 5.15 Å². The van der Waals surface area contributed by atoms with Crippen LogP contribution >= 0.6 is 23.2 Å². The maximum Gasteiger partial charge on any atom is 0.266 e. The number of rotatable bonds is 1. The van der Waals surface area contributed by atoms with Gasteiger partial charge in [-0.05, 0) is 12.1 Å². The van der Waals surface area contributed by atoms with Gasteiger partial charge in [0.25, 0.3) is 5.88 Å². The van der Waals surface area contributed by atoms with E-state index in [0.29, 0.717) is 28.1 Å². The van der Waals surface area contributed by atoms with Gasteiger partial charge in [-0.2, -0.15) is 0 Å². The first kappa shape index (κ1) is 12.2. The van der Waals surface area contributed by atoms with Crippen LogP contribution in [0, 0.1) is 0 Å². The van der Waals surface area contributed by atoms with Crippen molar-refractivity contribution in [2.75, 3.05) is 12.1 Å². The number of benzene rings is 1. The predicted molar refractivity (Wildman–Crippen MR) is 74.1 cm³/mol. The predicted octanol–water partition coefficient (Wildman–Crippen LogP) is 2.97. The Labute approximate surface area is 119 Å². The Morgan fingerprint density at radius 3 is 2.74 bits per heavy atom. The molecule has 96 valence electrons. The van der Waals surface area contributed by atoms with Crippen molar-refractivity contribution in [1.82, 2.24) is 10.2 Å². The molecule has 0 amide bonds. The normalized spacial score (nSPS) is 13.6. The van der Waals surface area contributed by atoms with Crippen molar-refractivity contribution < 1.29 is 4.74 Å². The average molecular weight is 295 g/mol. The fourth-order valence-electron chi connectivity index (χ4n) is 1.70. The Kier molecular flexibility index (Phi) is 3.00. The smallest absolute Gasteiger partial charge is 0.266 e. The van der Waals surface area contributed by atoms with Crippen LogP contribution in [0.1, 0.15) is 5.56 Å². The van der Waals surface area contributed by atoms with E-state index in [1.54, 1.807) is 24.2 Å². The van der Waals surface area contributed by atoms with Gasteiger partial charge in [0, 0.05) is 13.1 Å². The fraction of sp³-hybridized carbons (Fsp3) is 0.0833. The van der Waals surface area contributed by atoms with Gasteiger partial charge < -0.3 is 4.74 Å². The second-order valence-electron chi connectivity index (χ2n) is 3.87. The highest BCUT2D eigenvalue weighted by Crippen LogP contribution is 2.32. The summed E-state index contributed by atoms with van der Waals surface area (Å²) in [6.45, 7) is 0. The maximum absolute atomic E-state index is 6.12. The van der Waals surface area contributed by atoms with Crippen molar-refractivity contribution in [3.05, 3.63) is 46.1 Å². The second-order valence-corrected chi connectivity index (χ2v) is 4.66. The number of nitrogens with zero attached hydrogens (tertiary/aromatic N) is 4. The minimum Gasteiger partial charge on any atom is -0.415 e. The van der Waals surface area contributed by atoms with Crippen LogP contribution in [0.15, 0.2) is 35.4 Å². The fourth-order valence-corrected chi connectivity index (χ4v) is 2.06. The van der Waals surface area contributed by atoms with E-state index >= 15 is 0 Å². The van der Waals surface area contributed by atoms with E-state index in [1.807, 2.05) is 18.2 Å². The van der Waals surface area contributed by atoms with E-state index in [2.05, 4.69) is 15.3 Å². The van der Waals surface area contributed by atoms with Gasteiger partial charge in [-0.25, -0.2) is 0 Å². The Morgan fingerprint density at radius 2 is 1.95 bits per heavy atom. The molecule has 1 aromatic heterocycles. The molecule has 0 radical (unpaired) electrons. The van der Waals surface area contributed by atoms with E-state index in [1.165, 1.54) is 0 Å². The van der Waals surface area contributed by atoms with Gasteiger partial charge in [0.05, 0.1) is 10.6 Å². The molecule has 0 unspecified atom stereocenters. The lowest BCUT2D eigenvalue weighted by atomic mass is 10.2. The number of anilines is 1. The third-order valence-corrected chi connectivity index (χ3v) is 3.11. The van der Waals surface area contributed by atoms with Crippen LogP contribution in [-0.4, -0.2) is 23.1 Å². The molecule has 1 aliphatic heterocycles. The van der Waals surface area contributed by atoms with Crippen molar-refractivity contribution in [1.29, 1.82) is 0 Å². The van der Waals surface area contributed by atoms with Gasteiger partial charge >= 0.3 is 0 Å². The zero-order valence-electron chi connectivity index (χ0n) is 9.84. The van der Waals surface area contributed by atoms with Crippen molar-refractivity contribution in [3.8, 4) is 5.88 Å². The lowest BCUT2D eigenvalue weighted by molar-refractivity contribution is 0.501. The highest BCUT2D eigenvalue weighted by atomic mass is 35.5. The van der Waals surface area contributed by atoms with E-state index < -0.39 is 0 Å². The molecular formula is C12H8Cl2N4O. The van der Waals surface area contributed by atoms with Crippen LogP contribution in [0.3, 0.4) is 0 Å². The number of halogens is 2. The van der Waals surface area contributed by atoms with Crippen molar-refractivity contribution >= 4 is 34.8 Å². The molecular weight excluding hydrogens is 287 g/mol. The second kappa shape index (κ2) is 4.68. The Morgan fingerprint density at radius 1 is 1.16 bits per heavy atom. The number of ether oxygens (including phenoxy) is 1. The molecule has 0 fully saturated rings. The van der Waals surface area contributed by atoms with Gasteiger partial charge in [0.15, 0.2) is 5.15 Å². The van der Waals surface area contributed by atoms with Gasteiger partial charge in [-0.3, -0.25) is 5.01 Å². The molecule has 0 bridgehead atoms. The summed E-state index contributed by atoms with van der Waals surface area (Å²) >= 11 is 11.9. The zero-order chi connectivity index (χ0) is 13.4. The van der Waals surface area contributed by atoms with Crippen LogP contribution in [-0.2, 0) is 0 Å². The minimum atomic E-state index is 0.283. The molecule has 0 saturated carbocycles. The number of hydrazone groups is 1. The van der Waals surface area contributed by atoms with Crippen molar-refractivity contribution in [2.45, 2.75) is 0 Å². The van der Waals surface area contributed by atoms with E-state index in [9.17, 15) is 0 Å². The van der Waals surface area contributed by atoms with Crippen molar-refractivity contribution in [2.24, 2.45) is 5.10 Å². The molecule has 0 spiro atoms. The van der Waals surface area contributed by atoms with Gasteiger partial charge in [0.1, 0.15) is 5.69 Å². The van der Waals surface area contributed by atoms with Gasteiger partial charge in [0.2, 0.25) is 5.90 Å². The molecule has 0 atom stereocenters. The molecule has 0 saturated heterocycles. The van der Waals surface area contributed by atoms with Crippen LogP contribution in [0.4, 0.5) is 5.69 Å². The molecule has 19 heavy (non-hydrogen) atoms. The number of aromatic nitrogens is 2. The lowest BCUT2D eigenvalue weighted by Crippen LogP contribution is -2.25. The SMILES string of the molecule is CN1N=C(c2ccccc2Cl)Oc2nnc(Cl)cc21. The largest absolute Gasteiger partial charge is 0.415 e. The first-order chi connectivity index (χ1) is 9.15. The third-order valence-electron chi connectivity index (χ3n) is 2.60. The molecule has 0 aliphatic carbocycles. The van der Waals surface area contributed by atoms with Crippen LogP contribution in [0.2, 0.25) is 10.2 Å². The summed E-state index contributed by atoms with van der Waals surface area (Å²) in [5.41, 5.74) is 1.34. The summed E-state index contributed by atoms with van der Waals surface area (Å²) in [6.07, 6.45) is 0. The highest BCUT2D eigenvalue weighted by molar-refractivity contribution is 6.34. The third kappa shape index (κ3) is 2.22. The Balaban J connectivity index is 2.05. The Bertz CT molecular complexity index is 675. The standard InChI is InChI=1S/C12H8Cl2N4O/c1-18-9-6-10(14)15-16-12(9)19-11(17-18)7-4-2-3-5-8(7)13/h2-6H,1H3. The van der Waals surface area contributed by atoms with Crippen LogP contribution < -0.4 is 9.75 Å². The summed E-state index contributed by atoms with van der Waals surface area (Å²) < 4.78 is 5.62. The maximum atomic E-state index is 6.12. The summed E-state index contributed by atoms with van der Waals surface area (Å²) in [6, 6.07) is 8.93. The molecule has 1 aromatic carbocycles. The number of fused-ring (bicyclic) bond motifs is 1. The monoisotopic (exact) mass is 294 g/mol. The minimum absolute atomic E-state index is 0.283. The molecule has 2 aromatic rings. The summed E-state index contributed by atoms with van der Waals surface area (Å²) in [5, 5.41) is 14.4. The molecule has 7 heteroatoms. The molecule has 0 N–H and O–H groups in total. The topological polar surface area (TPSA) is 50.6 Å². The summed E-state index contributed by atoms with van der Waals surface area (Å²) in [5.74, 6) is 0.717. The number of hydrogen-bond acceptors (Lipinski definition) is 5. The van der Waals surface area contributed by atoms with Crippen molar-refractivity contribution in [3.63, 3.8) is 0 Å². The average Bonchev–Trinajstić information content (AvgIpc) is 2.40. The van der Waals surface area contributed by atoms with Gasteiger partial charge in [-0.1, -0.05) is 35.3 Å². The van der Waals surface area contributed by atoms with E-state index in [0.717, 1.165) is 0 Å². The first-order valence-corrected chi connectivity index (χ1v) is 6.19.